The maximum Gasteiger partial charge on any atom is 0.224 e. The summed E-state index contributed by atoms with van der Waals surface area (Å²) in [4.78, 5) is 17.1. The van der Waals surface area contributed by atoms with E-state index in [-0.39, 0.29) is 41.3 Å². The van der Waals surface area contributed by atoms with Gasteiger partial charge in [0.25, 0.3) is 0 Å². The molecule has 3 saturated heterocycles. The summed E-state index contributed by atoms with van der Waals surface area (Å²) in [6.45, 7) is 4.92. The third kappa shape index (κ3) is 4.08. The van der Waals surface area contributed by atoms with E-state index in [1.807, 2.05) is 6.07 Å². The van der Waals surface area contributed by atoms with Gasteiger partial charge >= 0.3 is 0 Å². The first-order valence-corrected chi connectivity index (χ1v) is 11.9. The fourth-order valence-electron chi connectivity index (χ4n) is 6.37. The van der Waals surface area contributed by atoms with Crippen molar-refractivity contribution >= 4 is 11.6 Å². The molecule has 3 aliphatic heterocycles. The average molecular weight is 444 g/mol. The second-order valence-electron chi connectivity index (χ2n) is 9.84. The number of nitriles is 1. The van der Waals surface area contributed by atoms with Gasteiger partial charge < -0.3 is 15.5 Å². The normalized spacial score (nSPS) is 35.4. The highest BCUT2D eigenvalue weighted by Crippen LogP contribution is 2.40. The average Bonchev–Trinajstić information content (AvgIpc) is 2.79. The van der Waals surface area contributed by atoms with Crippen molar-refractivity contribution in [2.24, 2.45) is 17.8 Å². The number of amides is 1. The molecule has 0 radical (unpaired) electrons. The molecule has 3 heterocycles. The topological polar surface area (TPSA) is 71.4 Å². The number of carbonyl (C=O) groups is 1. The lowest BCUT2D eigenvalue weighted by atomic mass is 9.66. The van der Waals surface area contributed by atoms with Crippen LogP contribution in [0.4, 0.5) is 14.5 Å². The number of piperazine rings is 1. The molecule has 1 amide bonds. The van der Waals surface area contributed by atoms with Crippen molar-refractivity contribution in [3.63, 3.8) is 0 Å². The maximum absolute atomic E-state index is 15.3. The number of rotatable bonds is 3. The molecule has 0 aromatic heterocycles. The van der Waals surface area contributed by atoms with Gasteiger partial charge in [0.05, 0.1) is 11.5 Å². The Hall–Kier alpha value is -2.24. The summed E-state index contributed by atoms with van der Waals surface area (Å²) in [5.41, 5.74) is 0.859. The molecular weight excluding hydrogens is 412 g/mol. The lowest BCUT2D eigenvalue weighted by molar-refractivity contribution is -0.135. The Labute approximate surface area is 187 Å². The Kier molecular flexibility index (Phi) is 6.04. The summed E-state index contributed by atoms with van der Waals surface area (Å²) < 4.78 is 29.3. The highest BCUT2D eigenvalue weighted by molar-refractivity contribution is 5.81. The number of benzene rings is 1. The van der Waals surface area contributed by atoms with Gasteiger partial charge in [0.2, 0.25) is 5.91 Å². The third-order valence-corrected chi connectivity index (χ3v) is 7.94. The van der Waals surface area contributed by atoms with Gasteiger partial charge in [0, 0.05) is 56.4 Å². The number of hydrogen-bond acceptors (Lipinski definition) is 5. The van der Waals surface area contributed by atoms with E-state index in [9.17, 15) is 9.18 Å². The molecule has 4 aliphatic rings. The monoisotopic (exact) mass is 443 g/mol. The van der Waals surface area contributed by atoms with Crippen LogP contribution in [-0.2, 0) is 4.79 Å². The molecule has 0 spiro atoms. The summed E-state index contributed by atoms with van der Waals surface area (Å²) in [6, 6.07) is 6.52. The smallest absolute Gasteiger partial charge is 0.224 e. The zero-order chi connectivity index (χ0) is 22.2. The molecule has 6 unspecified atom stereocenters. The SMILES string of the molecule is N#Cc1ccc(N2CCN(CC3CC(F)C4C(C3)NC(=O)C3CCCNC34)CC2)cc1F. The third-order valence-electron chi connectivity index (χ3n) is 7.94. The summed E-state index contributed by atoms with van der Waals surface area (Å²) in [5.74, 6) is -0.357. The number of nitrogens with zero attached hydrogens (tertiary/aromatic N) is 3. The first-order valence-electron chi connectivity index (χ1n) is 11.9. The molecule has 1 saturated carbocycles. The Morgan fingerprint density at radius 3 is 2.75 bits per heavy atom. The van der Waals surface area contributed by atoms with E-state index in [0.29, 0.717) is 6.42 Å². The van der Waals surface area contributed by atoms with Crippen LogP contribution in [0.1, 0.15) is 31.2 Å². The van der Waals surface area contributed by atoms with Crippen molar-refractivity contribution < 1.29 is 13.6 Å². The number of hydrogen-bond donors (Lipinski definition) is 2. The number of alkyl halides is 1. The van der Waals surface area contributed by atoms with E-state index >= 15 is 4.39 Å². The van der Waals surface area contributed by atoms with Crippen LogP contribution in [0.25, 0.3) is 0 Å². The molecular formula is C24H31F2N5O. The molecule has 8 heteroatoms. The van der Waals surface area contributed by atoms with Crippen LogP contribution in [0.3, 0.4) is 0 Å². The number of piperidine rings is 2. The Balaban J connectivity index is 1.17. The van der Waals surface area contributed by atoms with E-state index < -0.39 is 12.0 Å². The zero-order valence-electron chi connectivity index (χ0n) is 18.3. The van der Waals surface area contributed by atoms with E-state index in [4.69, 9.17) is 5.26 Å². The Morgan fingerprint density at radius 1 is 1.19 bits per heavy atom. The predicted octanol–water partition coefficient (Wildman–Crippen LogP) is 2.05. The van der Waals surface area contributed by atoms with E-state index in [1.54, 1.807) is 6.07 Å². The number of anilines is 1. The van der Waals surface area contributed by atoms with Gasteiger partial charge in [0.15, 0.2) is 0 Å². The van der Waals surface area contributed by atoms with Crippen LogP contribution in [0.2, 0.25) is 0 Å². The highest BCUT2D eigenvalue weighted by atomic mass is 19.1. The van der Waals surface area contributed by atoms with Crippen LogP contribution in [0.5, 0.6) is 0 Å². The van der Waals surface area contributed by atoms with Crippen molar-refractivity contribution in [3.8, 4) is 6.07 Å². The van der Waals surface area contributed by atoms with Gasteiger partial charge in [-0.15, -0.1) is 0 Å². The second kappa shape index (κ2) is 8.95. The van der Waals surface area contributed by atoms with Crippen molar-refractivity contribution in [3.05, 3.63) is 29.6 Å². The van der Waals surface area contributed by atoms with Crippen LogP contribution >= 0.6 is 0 Å². The molecule has 1 aliphatic carbocycles. The lowest BCUT2D eigenvalue weighted by Gasteiger charge is -2.51. The van der Waals surface area contributed by atoms with Crippen LogP contribution in [0.15, 0.2) is 18.2 Å². The molecule has 172 valence electrons. The minimum Gasteiger partial charge on any atom is -0.369 e. The molecule has 5 rings (SSSR count). The van der Waals surface area contributed by atoms with Gasteiger partial charge in [0.1, 0.15) is 18.1 Å². The van der Waals surface area contributed by atoms with Crippen LogP contribution in [-0.4, -0.2) is 68.3 Å². The predicted molar refractivity (Wildman–Crippen MR) is 117 cm³/mol. The molecule has 4 fully saturated rings. The van der Waals surface area contributed by atoms with E-state index in [0.717, 1.165) is 64.2 Å². The van der Waals surface area contributed by atoms with E-state index in [1.165, 1.54) is 12.1 Å². The Bertz CT molecular complexity index is 897. The molecule has 1 aromatic carbocycles. The Morgan fingerprint density at radius 2 is 2.00 bits per heavy atom. The summed E-state index contributed by atoms with van der Waals surface area (Å²) in [7, 11) is 0. The van der Waals surface area contributed by atoms with Crippen LogP contribution < -0.4 is 15.5 Å². The van der Waals surface area contributed by atoms with Gasteiger partial charge in [-0.2, -0.15) is 5.26 Å². The first kappa shape index (κ1) is 21.6. The van der Waals surface area contributed by atoms with Gasteiger partial charge in [-0.3, -0.25) is 9.69 Å². The van der Waals surface area contributed by atoms with Gasteiger partial charge in [-0.05, 0) is 56.3 Å². The molecule has 6 atom stereocenters. The summed E-state index contributed by atoms with van der Waals surface area (Å²) >= 11 is 0. The maximum atomic E-state index is 15.3. The van der Waals surface area contributed by atoms with Gasteiger partial charge in [-0.25, -0.2) is 8.78 Å². The minimum atomic E-state index is -0.889. The number of halogens is 2. The van der Waals surface area contributed by atoms with Gasteiger partial charge in [-0.1, -0.05) is 0 Å². The van der Waals surface area contributed by atoms with Crippen molar-refractivity contribution in [1.29, 1.82) is 5.26 Å². The van der Waals surface area contributed by atoms with Crippen molar-refractivity contribution in [2.45, 2.75) is 43.9 Å². The van der Waals surface area contributed by atoms with E-state index in [2.05, 4.69) is 20.4 Å². The fraction of sp³-hybridized carbons (Fsp3) is 0.667. The zero-order valence-corrected chi connectivity index (χ0v) is 18.3. The van der Waals surface area contributed by atoms with Crippen molar-refractivity contribution in [2.75, 3.05) is 44.2 Å². The minimum absolute atomic E-state index is 0.0187. The molecule has 6 nitrogen and oxygen atoms in total. The molecule has 32 heavy (non-hydrogen) atoms. The fourth-order valence-corrected chi connectivity index (χ4v) is 6.37. The quantitative estimate of drug-likeness (QED) is 0.748. The number of fused-ring (bicyclic) bond motifs is 3. The first-order chi connectivity index (χ1) is 15.5. The molecule has 1 aromatic rings. The highest BCUT2D eigenvalue weighted by Gasteiger charge is 2.51. The number of carbonyl (C=O) groups excluding carboxylic acids is 1. The van der Waals surface area contributed by atoms with Crippen LogP contribution in [0, 0.1) is 34.9 Å². The standard InChI is InChI=1S/C24H31F2N5O/c25-19-12-17(4-3-16(19)13-27)31-8-6-30(7-9-31)14-15-10-20(26)22-21(11-15)29-24(32)18-2-1-5-28-23(18)22/h3-4,12,15,18,20-23,28H,1-2,5-11,14H2,(H,29,32). The van der Waals surface area contributed by atoms with Crippen molar-refractivity contribution in [1.82, 2.24) is 15.5 Å². The largest absolute Gasteiger partial charge is 0.369 e. The molecule has 0 bridgehead atoms. The second-order valence-corrected chi connectivity index (χ2v) is 9.84. The summed E-state index contributed by atoms with van der Waals surface area (Å²) in [6.07, 6.45) is 2.34. The summed E-state index contributed by atoms with van der Waals surface area (Å²) in [5, 5.41) is 15.5. The number of nitrogens with one attached hydrogen (secondary N) is 2. The lowest BCUT2D eigenvalue weighted by Crippen LogP contribution is -2.67. The molecule has 2 N–H and O–H groups in total.